The number of rotatable bonds is 5. The van der Waals surface area contributed by atoms with E-state index in [1.165, 1.54) is 6.07 Å². The molecule has 0 spiro atoms. The molecule has 1 aromatic rings. The van der Waals surface area contributed by atoms with Crippen molar-refractivity contribution < 1.29 is 14.8 Å². The molecule has 1 saturated carbocycles. The molecule has 1 amide bonds. The van der Waals surface area contributed by atoms with Gasteiger partial charge in [-0.15, -0.1) is 0 Å². The number of nitro groups is 1. The van der Waals surface area contributed by atoms with E-state index in [9.17, 15) is 20.0 Å². The highest BCUT2D eigenvalue weighted by molar-refractivity contribution is 5.97. The monoisotopic (exact) mass is 333 g/mol. The Hall–Kier alpha value is -1.99. The lowest BCUT2D eigenvalue weighted by Gasteiger charge is -2.25. The summed E-state index contributed by atoms with van der Waals surface area (Å²) in [5, 5.41) is 20.8. The van der Waals surface area contributed by atoms with Gasteiger partial charge in [0, 0.05) is 30.9 Å². The Balaban J connectivity index is 1.62. The van der Waals surface area contributed by atoms with Crippen molar-refractivity contribution in [2.75, 3.05) is 31.6 Å². The molecule has 1 aliphatic heterocycles. The Morgan fingerprint density at radius 1 is 1.46 bits per heavy atom. The SMILES string of the molecule is CN(CC(=O)N1CCc2cc([N+](=O)[O-])ccc21)CC1CCCC1O. The van der Waals surface area contributed by atoms with Crippen LogP contribution in [0.5, 0.6) is 0 Å². The second-order valence-corrected chi connectivity index (χ2v) is 6.82. The number of non-ortho nitro benzene ring substituents is 1. The van der Waals surface area contributed by atoms with E-state index < -0.39 is 4.92 Å². The number of nitrogens with zero attached hydrogens (tertiary/aromatic N) is 3. The van der Waals surface area contributed by atoms with Crippen molar-refractivity contribution in [1.82, 2.24) is 4.90 Å². The summed E-state index contributed by atoms with van der Waals surface area (Å²) in [6.07, 6.45) is 3.30. The third-order valence-corrected chi connectivity index (χ3v) is 5.04. The van der Waals surface area contributed by atoms with E-state index in [0.717, 1.165) is 30.5 Å². The molecule has 1 aliphatic carbocycles. The van der Waals surface area contributed by atoms with Crippen LogP contribution in [-0.4, -0.2) is 53.6 Å². The molecule has 24 heavy (non-hydrogen) atoms. The number of hydrogen-bond donors (Lipinski definition) is 1. The van der Waals surface area contributed by atoms with Crippen molar-refractivity contribution in [3.05, 3.63) is 33.9 Å². The standard InChI is InChI=1S/C17H23N3O4/c1-18(10-13-3-2-4-16(13)21)11-17(22)19-8-7-12-9-14(20(23)24)5-6-15(12)19/h5-6,9,13,16,21H,2-4,7-8,10-11H2,1H3. The summed E-state index contributed by atoms with van der Waals surface area (Å²) in [6.45, 7) is 1.57. The number of hydrogen-bond acceptors (Lipinski definition) is 5. The number of aliphatic hydroxyl groups excluding tert-OH is 1. The van der Waals surface area contributed by atoms with Crippen LogP contribution in [0.25, 0.3) is 0 Å². The third-order valence-electron chi connectivity index (χ3n) is 5.04. The zero-order chi connectivity index (χ0) is 17.3. The van der Waals surface area contributed by atoms with Gasteiger partial charge >= 0.3 is 0 Å². The fourth-order valence-electron chi connectivity index (χ4n) is 3.77. The normalized spacial score (nSPS) is 22.9. The number of nitro benzene ring substituents is 1. The average Bonchev–Trinajstić information content (AvgIpc) is 3.13. The van der Waals surface area contributed by atoms with Crippen molar-refractivity contribution in [3.63, 3.8) is 0 Å². The Morgan fingerprint density at radius 2 is 2.25 bits per heavy atom. The lowest BCUT2D eigenvalue weighted by atomic mass is 10.1. The van der Waals surface area contributed by atoms with Crippen LogP contribution in [0.1, 0.15) is 24.8 Å². The first-order chi connectivity index (χ1) is 11.5. The fourth-order valence-corrected chi connectivity index (χ4v) is 3.77. The summed E-state index contributed by atoms with van der Waals surface area (Å²) in [5.41, 5.74) is 1.70. The Kier molecular flexibility index (Phi) is 4.82. The molecule has 7 nitrogen and oxygen atoms in total. The van der Waals surface area contributed by atoms with Crippen molar-refractivity contribution in [3.8, 4) is 0 Å². The summed E-state index contributed by atoms with van der Waals surface area (Å²) < 4.78 is 0. The summed E-state index contributed by atoms with van der Waals surface area (Å²) in [6, 6.07) is 4.67. The van der Waals surface area contributed by atoms with Crippen LogP contribution in [0, 0.1) is 16.0 Å². The topological polar surface area (TPSA) is 86.9 Å². The van der Waals surface area contributed by atoms with E-state index in [1.807, 2.05) is 11.9 Å². The highest BCUT2D eigenvalue weighted by atomic mass is 16.6. The third kappa shape index (κ3) is 3.42. The van der Waals surface area contributed by atoms with Crippen LogP contribution >= 0.6 is 0 Å². The van der Waals surface area contributed by atoms with Gasteiger partial charge in [-0.05, 0) is 43.9 Å². The van der Waals surface area contributed by atoms with E-state index in [-0.39, 0.29) is 23.6 Å². The number of carbonyl (C=O) groups excluding carboxylic acids is 1. The molecule has 3 rings (SSSR count). The van der Waals surface area contributed by atoms with Gasteiger partial charge in [0.15, 0.2) is 0 Å². The predicted molar refractivity (Wildman–Crippen MR) is 90.0 cm³/mol. The Labute approximate surface area is 141 Å². The molecule has 0 bridgehead atoms. The van der Waals surface area contributed by atoms with Crippen LogP contribution in [0.3, 0.4) is 0 Å². The van der Waals surface area contributed by atoms with Gasteiger partial charge in [0.1, 0.15) is 0 Å². The molecule has 2 unspecified atom stereocenters. The minimum Gasteiger partial charge on any atom is -0.393 e. The highest BCUT2D eigenvalue weighted by Gasteiger charge is 2.29. The van der Waals surface area contributed by atoms with Gasteiger partial charge in [0.2, 0.25) is 5.91 Å². The largest absolute Gasteiger partial charge is 0.393 e. The first-order valence-electron chi connectivity index (χ1n) is 8.40. The highest BCUT2D eigenvalue weighted by Crippen LogP contribution is 2.31. The van der Waals surface area contributed by atoms with E-state index in [4.69, 9.17) is 0 Å². The molecule has 2 aliphatic rings. The van der Waals surface area contributed by atoms with Crippen LogP contribution in [0.2, 0.25) is 0 Å². The van der Waals surface area contributed by atoms with Crippen molar-refractivity contribution >= 4 is 17.3 Å². The average molecular weight is 333 g/mol. The van der Waals surface area contributed by atoms with Gasteiger partial charge < -0.3 is 10.0 Å². The lowest BCUT2D eigenvalue weighted by molar-refractivity contribution is -0.384. The maximum absolute atomic E-state index is 12.6. The predicted octanol–water partition coefficient (Wildman–Crippen LogP) is 1.58. The molecule has 7 heteroatoms. The molecule has 1 fully saturated rings. The molecule has 130 valence electrons. The van der Waals surface area contributed by atoms with E-state index in [2.05, 4.69) is 0 Å². The van der Waals surface area contributed by atoms with E-state index in [0.29, 0.717) is 26.1 Å². The zero-order valence-electron chi connectivity index (χ0n) is 13.9. The number of carbonyl (C=O) groups is 1. The van der Waals surface area contributed by atoms with E-state index in [1.54, 1.807) is 17.0 Å². The number of fused-ring (bicyclic) bond motifs is 1. The molecular formula is C17H23N3O4. The molecule has 0 aromatic heterocycles. The van der Waals surface area contributed by atoms with Crippen molar-refractivity contribution in [2.24, 2.45) is 5.92 Å². The smallest absolute Gasteiger partial charge is 0.269 e. The van der Waals surface area contributed by atoms with Gasteiger partial charge in [-0.25, -0.2) is 0 Å². The van der Waals surface area contributed by atoms with Gasteiger partial charge in [0.05, 0.1) is 17.6 Å². The number of aliphatic hydroxyl groups is 1. The zero-order valence-corrected chi connectivity index (χ0v) is 13.9. The van der Waals surface area contributed by atoms with Gasteiger partial charge in [0.25, 0.3) is 5.69 Å². The van der Waals surface area contributed by atoms with E-state index >= 15 is 0 Å². The summed E-state index contributed by atoms with van der Waals surface area (Å²) in [7, 11) is 1.90. The van der Waals surface area contributed by atoms with Crippen molar-refractivity contribution in [1.29, 1.82) is 0 Å². The quantitative estimate of drug-likeness (QED) is 0.653. The second kappa shape index (κ2) is 6.86. The fraction of sp³-hybridized carbons (Fsp3) is 0.588. The molecule has 1 heterocycles. The van der Waals surface area contributed by atoms with Crippen LogP contribution in [0.4, 0.5) is 11.4 Å². The van der Waals surface area contributed by atoms with Gasteiger partial charge in [-0.3, -0.25) is 19.8 Å². The molecule has 0 radical (unpaired) electrons. The number of amides is 1. The molecule has 1 aromatic carbocycles. The van der Waals surface area contributed by atoms with Crippen LogP contribution in [0.15, 0.2) is 18.2 Å². The minimum atomic E-state index is -0.411. The maximum Gasteiger partial charge on any atom is 0.269 e. The van der Waals surface area contributed by atoms with Crippen LogP contribution < -0.4 is 4.90 Å². The lowest BCUT2D eigenvalue weighted by Crippen LogP contribution is -2.40. The summed E-state index contributed by atoms with van der Waals surface area (Å²) in [5.74, 6) is 0.244. The number of benzene rings is 1. The molecule has 1 N–H and O–H groups in total. The van der Waals surface area contributed by atoms with Crippen LogP contribution in [-0.2, 0) is 11.2 Å². The van der Waals surface area contributed by atoms with Gasteiger partial charge in [-0.1, -0.05) is 6.42 Å². The number of anilines is 1. The van der Waals surface area contributed by atoms with Gasteiger partial charge in [-0.2, -0.15) is 0 Å². The minimum absolute atomic E-state index is 0.00223. The first-order valence-corrected chi connectivity index (χ1v) is 8.40. The summed E-state index contributed by atoms with van der Waals surface area (Å²) >= 11 is 0. The second-order valence-electron chi connectivity index (χ2n) is 6.82. The Bertz CT molecular complexity index is 649. The summed E-state index contributed by atoms with van der Waals surface area (Å²) in [4.78, 5) is 26.7. The maximum atomic E-state index is 12.6. The molecular weight excluding hydrogens is 310 g/mol. The molecule has 0 saturated heterocycles. The molecule has 2 atom stereocenters. The number of likely N-dealkylation sites (N-methyl/N-ethyl adjacent to an activating group) is 1. The van der Waals surface area contributed by atoms with Crippen molar-refractivity contribution in [2.45, 2.75) is 31.8 Å². The Morgan fingerprint density at radius 3 is 2.92 bits per heavy atom. The first kappa shape index (κ1) is 16.9.